The first kappa shape index (κ1) is 8.96. The predicted molar refractivity (Wildman–Crippen MR) is 41.5 cm³/mol. The Bertz CT molecular complexity index is 265. The Morgan fingerprint density at radius 3 is 2.75 bits per heavy atom. The van der Waals surface area contributed by atoms with Gasteiger partial charge in [0.1, 0.15) is 12.4 Å². The van der Waals surface area contributed by atoms with Gasteiger partial charge in [-0.1, -0.05) is 6.07 Å². The number of alkyl halides is 1. The molecule has 66 valence electrons. The second kappa shape index (κ2) is 4.04. The van der Waals surface area contributed by atoms with Gasteiger partial charge in [-0.3, -0.25) is 0 Å². The van der Waals surface area contributed by atoms with E-state index in [-0.39, 0.29) is 12.3 Å². The molecule has 0 bridgehead atoms. The van der Waals surface area contributed by atoms with Gasteiger partial charge in [-0.25, -0.2) is 9.87 Å². The lowest BCUT2D eigenvalue weighted by atomic mass is 10.1. The zero-order valence-electron chi connectivity index (χ0n) is 6.42. The van der Waals surface area contributed by atoms with Crippen LogP contribution in [0.1, 0.15) is 11.1 Å². The van der Waals surface area contributed by atoms with E-state index in [0.29, 0.717) is 11.1 Å². The van der Waals surface area contributed by atoms with E-state index < -0.39 is 6.67 Å². The molecule has 0 amide bonds. The highest BCUT2D eigenvalue weighted by atomic mass is 19.1. The Labute approximate surface area is 69.4 Å². The van der Waals surface area contributed by atoms with Crippen molar-refractivity contribution in [3.63, 3.8) is 0 Å². The van der Waals surface area contributed by atoms with E-state index >= 15 is 0 Å². The number of phenols is 1. The molecule has 1 aromatic rings. The van der Waals surface area contributed by atoms with Gasteiger partial charge >= 0.3 is 0 Å². The SMILES string of the molecule is ONCc1cc(CF)ccc1O. The van der Waals surface area contributed by atoms with Crippen LogP contribution in [0.5, 0.6) is 5.75 Å². The van der Waals surface area contributed by atoms with Crippen molar-refractivity contribution in [2.75, 3.05) is 0 Å². The molecule has 0 atom stereocenters. The van der Waals surface area contributed by atoms with Gasteiger partial charge in [0.2, 0.25) is 0 Å². The summed E-state index contributed by atoms with van der Waals surface area (Å²) in [5, 5.41) is 17.5. The molecule has 0 spiro atoms. The highest BCUT2D eigenvalue weighted by Gasteiger charge is 2.01. The van der Waals surface area contributed by atoms with Crippen LogP contribution in [0.25, 0.3) is 0 Å². The van der Waals surface area contributed by atoms with Crippen LogP contribution in [0, 0.1) is 0 Å². The summed E-state index contributed by atoms with van der Waals surface area (Å²) in [7, 11) is 0. The molecular formula is C8H10FNO2. The molecule has 4 heteroatoms. The van der Waals surface area contributed by atoms with Crippen molar-refractivity contribution in [3.05, 3.63) is 29.3 Å². The quantitative estimate of drug-likeness (QED) is 0.601. The molecule has 0 aliphatic rings. The van der Waals surface area contributed by atoms with E-state index in [0.717, 1.165) is 0 Å². The third-order valence-corrected chi connectivity index (χ3v) is 1.57. The molecule has 0 saturated carbocycles. The van der Waals surface area contributed by atoms with Crippen LogP contribution in [0.15, 0.2) is 18.2 Å². The fraction of sp³-hybridized carbons (Fsp3) is 0.250. The van der Waals surface area contributed by atoms with E-state index in [1.165, 1.54) is 18.2 Å². The number of halogens is 1. The van der Waals surface area contributed by atoms with Gasteiger partial charge in [-0.2, -0.15) is 0 Å². The zero-order chi connectivity index (χ0) is 8.97. The zero-order valence-corrected chi connectivity index (χ0v) is 6.42. The number of nitrogens with one attached hydrogen (secondary N) is 1. The molecule has 0 saturated heterocycles. The second-order valence-electron chi connectivity index (χ2n) is 2.43. The van der Waals surface area contributed by atoms with Crippen LogP contribution in [0.4, 0.5) is 4.39 Å². The van der Waals surface area contributed by atoms with Gasteiger partial charge in [0.05, 0.1) is 0 Å². The van der Waals surface area contributed by atoms with Gasteiger partial charge in [-0.05, 0) is 17.7 Å². The summed E-state index contributed by atoms with van der Waals surface area (Å²) < 4.78 is 12.1. The summed E-state index contributed by atoms with van der Waals surface area (Å²) in [6, 6.07) is 4.40. The van der Waals surface area contributed by atoms with Crippen LogP contribution in [0.2, 0.25) is 0 Å². The minimum atomic E-state index is -0.571. The first-order valence-corrected chi connectivity index (χ1v) is 3.51. The number of hydroxylamine groups is 1. The average molecular weight is 171 g/mol. The molecule has 1 rings (SSSR count). The second-order valence-corrected chi connectivity index (χ2v) is 2.43. The minimum Gasteiger partial charge on any atom is -0.508 e. The Morgan fingerprint density at radius 1 is 1.42 bits per heavy atom. The molecule has 0 unspecified atom stereocenters. The normalized spacial score (nSPS) is 10.2. The molecule has 3 N–H and O–H groups in total. The van der Waals surface area contributed by atoms with Crippen LogP contribution in [-0.2, 0) is 13.2 Å². The molecule has 0 aromatic heterocycles. The van der Waals surface area contributed by atoms with Crippen LogP contribution < -0.4 is 5.48 Å². The summed E-state index contributed by atoms with van der Waals surface area (Å²) in [6.07, 6.45) is 0. The summed E-state index contributed by atoms with van der Waals surface area (Å²) >= 11 is 0. The van der Waals surface area contributed by atoms with Crippen LogP contribution >= 0.6 is 0 Å². The molecule has 12 heavy (non-hydrogen) atoms. The van der Waals surface area contributed by atoms with Crippen molar-refractivity contribution in [2.45, 2.75) is 13.2 Å². The maximum atomic E-state index is 12.1. The Balaban J connectivity index is 2.91. The van der Waals surface area contributed by atoms with Gasteiger partial charge in [0.15, 0.2) is 0 Å². The fourth-order valence-corrected chi connectivity index (χ4v) is 0.949. The molecule has 0 heterocycles. The topological polar surface area (TPSA) is 52.5 Å². The highest BCUT2D eigenvalue weighted by molar-refractivity contribution is 5.35. The maximum Gasteiger partial charge on any atom is 0.120 e. The summed E-state index contributed by atoms with van der Waals surface area (Å²) in [5.41, 5.74) is 2.86. The lowest BCUT2D eigenvalue weighted by molar-refractivity contribution is 0.160. The van der Waals surface area contributed by atoms with E-state index in [2.05, 4.69) is 0 Å². The molecule has 0 radical (unpaired) electrons. The van der Waals surface area contributed by atoms with Crippen LogP contribution in [0.3, 0.4) is 0 Å². The smallest absolute Gasteiger partial charge is 0.120 e. The number of phenolic OH excluding ortho intramolecular Hbond substituents is 1. The van der Waals surface area contributed by atoms with Crippen molar-refractivity contribution in [1.82, 2.24) is 5.48 Å². The molecule has 0 aliphatic carbocycles. The maximum absolute atomic E-state index is 12.1. The summed E-state index contributed by atoms with van der Waals surface area (Å²) in [4.78, 5) is 0. The first-order valence-electron chi connectivity index (χ1n) is 3.51. The largest absolute Gasteiger partial charge is 0.508 e. The number of rotatable bonds is 3. The van der Waals surface area contributed by atoms with Gasteiger partial charge in [0.25, 0.3) is 0 Å². The van der Waals surface area contributed by atoms with Crippen molar-refractivity contribution in [1.29, 1.82) is 0 Å². The van der Waals surface area contributed by atoms with Gasteiger partial charge < -0.3 is 10.3 Å². The van der Waals surface area contributed by atoms with E-state index in [1.54, 1.807) is 0 Å². The first-order chi connectivity index (χ1) is 5.77. The fourth-order valence-electron chi connectivity index (χ4n) is 0.949. The Kier molecular flexibility index (Phi) is 3.01. The molecule has 1 aromatic carbocycles. The summed E-state index contributed by atoms with van der Waals surface area (Å²) in [5.74, 6) is 0.0498. The standard InChI is InChI=1S/C8H10FNO2/c9-4-6-1-2-8(11)7(3-6)5-10-12/h1-3,10-12H,4-5H2. The minimum absolute atomic E-state index is 0.0498. The van der Waals surface area contributed by atoms with Crippen LogP contribution in [-0.4, -0.2) is 10.3 Å². The molecular weight excluding hydrogens is 161 g/mol. The monoisotopic (exact) mass is 171 g/mol. The van der Waals surface area contributed by atoms with Gasteiger partial charge in [0, 0.05) is 12.1 Å². The number of hydrogen-bond acceptors (Lipinski definition) is 3. The van der Waals surface area contributed by atoms with Crippen molar-refractivity contribution in [3.8, 4) is 5.75 Å². The lowest BCUT2D eigenvalue weighted by Crippen LogP contribution is -2.06. The molecule has 0 fully saturated rings. The predicted octanol–water partition coefficient (Wildman–Crippen LogP) is 1.34. The van der Waals surface area contributed by atoms with E-state index in [4.69, 9.17) is 5.21 Å². The molecule has 0 aliphatic heterocycles. The van der Waals surface area contributed by atoms with Gasteiger partial charge in [-0.15, -0.1) is 0 Å². The third kappa shape index (κ3) is 1.93. The highest BCUT2D eigenvalue weighted by Crippen LogP contribution is 2.18. The Hall–Kier alpha value is -1.13. The Morgan fingerprint density at radius 2 is 2.17 bits per heavy atom. The average Bonchev–Trinajstić information content (AvgIpc) is 2.09. The lowest BCUT2D eigenvalue weighted by Gasteiger charge is -2.03. The van der Waals surface area contributed by atoms with Crippen molar-refractivity contribution >= 4 is 0 Å². The van der Waals surface area contributed by atoms with Crippen molar-refractivity contribution in [2.24, 2.45) is 0 Å². The van der Waals surface area contributed by atoms with Crippen molar-refractivity contribution < 1.29 is 14.7 Å². The summed E-state index contributed by atoms with van der Waals surface area (Å²) in [6.45, 7) is -0.460. The number of aromatic hydroxyl groups is 1. The molecule has 3 nitrogen and oxygen atoms in total. The van der Waals surface area contributed by atoms with E-state index in [9.17, 15) is 9.50 Å². The van der Waals surface area contributed by atoms with E-state index in [1.807, 2.05) is 5.48 Å². The number of hydrogen-bond donors (Lipinski definition) is 3. The third-order valence-electron chi connectivity index (χ3n) is 1.57. The number of benzene rings is 1.